The van der Waals surface area contributed by atoms with Gasteiger partial charge in [0.15, 0.2) is 0 Å². The third-order valence-electron chi connectivity index (χ3n) is 2.74. The van der Waals surface area contributed by atoms with Crippen LogP contribution in [0.4, 0.5) is 5.95 Å². The van der Waals surface area contributed by atoms with E-state index >= 15 is 0 Å². The Morgan fingerprint density at radius 1 is 1.56 bits per heavy atom. The van der Waals surface area contributed by atoms with E-state index in [0.717, 1.165) is 18.2 Å². The highest BCUT2D eigenvalue weighted by Crippen LogP contribution is 2.17. The van der Waals surface area contributed by atoms with Crippen molar-refractivity contribution < 1.29 is 0 Å². The summed E-state index contributed by atoms with van der Waals surface area (Å²) >= 11 is 0. The van der Waals surface area contributed by atoms with Gasteiger partial charge >= 0.3 is 0 Å². The Hall–Kier alpha value is -2.04. The molecular formula is C13H19N5. The summed E-state index contributed by atoms with van der Waals surface area (Å²) in [6.07, 6.45) is 7.64. The highest BCUT2D eigenvalue weighted by atomic mass is 15.3. The Kier molecular flexibility index (Phi) is 3.82. The first-order chi connectivity index (χ1) is 8.70. The molecule has 5 nitrogen and oxygen atoms in total. The van der Waals surface area contributed by atoms with Crippen LogP contribution in [0.25, 0.3) is 0 Å². The number of imidazole rings is 1. The van der Waals surface area contributed by atoms with Gasteiger partial charge in [-0.05, 0) is 19.9 Å². The predicted octanol–water partition coefficient (Wildman–Crippen LogP) is 2.25. The fourth-order valence-corrected chi connectivity index (χ4v) is 1.91. The molecule has 2 aromatic heterocycles. The summed E-state index contributed by atoms with van der Waals surface area (Å²) < 4.78 is 4.07. The van der Waals surface area contributed by atoms with Crippen LogP contribution < -0.4 is 5.32 Å². The van der Waals surface area contributed by atoms with Crippen molar-refractivity contribution in [1.82, 2.24) is 19.3 Å². The standard InChI is InChI=1S/C13H19N5/c1-4-6-14-13-16-11(2)9-18(13)12(3)10-17-8-5-7-15-17/h4-5,7-9,12H,1,6,10H2,2-3H3,(H,14,16). The molecule has 0 aliphatic carbocycles. The zero-order chi connectivity index (χ0) is 13.0. The number of aromatic nitrogens is 4. The quantitative estimate of drug-likeness (QED) is 0.794. The Morgan fingerprint density at radius 2 is 2.39 bits per heavy atom. The highest BCUT2D eigenvalue weighted by Gasteiger charge is 2.11. The molecule has 2 heterocycles. The topological polar surface area (TPSA) is 47.7 Å². The molecule has 0 bridgehead atoms. The Balaban J connectivity index is 2.13. The summed E-state index contributed by atoms with van der Waals surface area (Å²) in [6.45, 7) is 9.39. The Morgan fingerprint density at radius 3 is 3.06 bits per heavy atom. The minimum atomic E-state index is 0.290. The average molecular weight is 245 g/mol. The van der Waals surface area contributed by atoms with Crippen molar-refractivity contribution in [3.63, 3.8) is 0 Å². The van der Waals surface area contributed by atoms with Gasteiger partial charge in [0, 0.05) is 25.1 Å². The summed E-state index contributed by atoms with van der Waals surface area (Å²) in [5.41, 5.74) is 1.01. The van der Waals surface area contributed by atoms with Crippen LogP contribution in [0.2, 0.25) is 0 Å². The molecule has 0 radical (unpaired) electrons. The zero-order valence-electron chi connectivity index (χ0n) is 10.9. The summed E-state index contributed by atoms with van der Waals surface area (Å²) in [4.78, 5) is 4.47. The van der Waals surface area contributed by atoms with E-state index in [4.69, 9.17) is 0 Å². The number of hydrogen-bond donors (Lipinski definition) is 1. The van der Waals surface area contributed by atoms with E-state index in [2.05, 4.69) is 39.7 Å². The third kappa shape index (κ3) is 2.80. The lowest BCUT2D eigenvalue weighted by atomic mass is 10.3. The van der Waals surface area contributed by atoms with Crippen LogP contribution in [0.15, 0.2) is 37.3 Å². The van der Waals surface area contributed by atoms with E-state index in [9.17, 15) is 0 Å². The number of rotatable bonds is 6. The van der Waals surface area contributed by atoms with Crippen LogP contribution in [0.1, 0.15) is 18.7 Å². The highest BCUT2D eigenvalue weighted by molar-refractivity contribution is 5.30. The average Bonchev–Trinajstić information content (AvgIpc) is 2.96. The van der Waals surface area contributed by atoms with E-state index in [1.54, 1.807) is 6.20 Å². The van der Waals surface area contributed by atoms with Crippen molar-refractivity contribution in [2.75, 3.05) is 11.9 Å². The first-order valence-electron chi connectivity index (χ1n) is 6.08. The summed E-state index contributed by atoms with van der Waals surface area (Å²) in [5, 5.41) is 7.48. The van der Waals surface area contributed by atoms with Crippen molar-refractivity contribution in [1.29, 1.82) is 0 Å². The molecule has 0 fully saturated rings. The molecule has 1 atom stereocenters. The van der Waals surface area contributed by atoms with Crippen LogP contribution in [-0.4, -0.2) is 25.9 Å². The van der Waals surface area contributed by atoms with Crippen molar-refractivity contribution in [2.45, 2.75) is 26.4 Å². The van der Waals surface area contributed by atoms with E-state index < -0.39 is 0 Å². The smallest absolute Gasteiger partial charge is 0.203 e. The van der Waals surface area contributed by atoms with Gasteiger partial charge in [0.05, 0.1) is 18.3 Å². The van der Waals surface area contributed by atoms with Gasteiger partial charge in [0.2, 0.25) is 5.95 Å². The van der Waals surface area contributed by atoms with E-state index in [1.165, 1.54) is 0 Å². The monoisotopic (exact) mass is 245 g/mol. The van der Waals surface area contributed by atoms with Crippen molar-refractivity contribution in [2.24, 2.45) is 0 Å². The molecule has 96 valence electrons. The van der Waals surface area contributed by atoms with Gasteiger partial charge in [-0.2, -0.15) is 5.10 Å². The molecule has 0 aromatic carbocycles. The van der Waals surface area contributed by atoms with Crippen LogP contribution in [0.3, 0.4) is 0 Å². The third-order valence-corrected chi connectivity index (χ3v) is 2.74. The molecule has 1 unspecified atom stereocenters. The molecule has 0 aliphatic rings. The summed E-state index contributed by atoms with van der Waals surface area (Å²) in [5.74, 6) is 0.882. The minimum absolute atomic E-state index is 0.290. The SMILES string of the molecule is C=CCNc1nc(C)cn1C(C)Cn1cccn1. The molecule has 0 saturated heterocycles. The van der Waals surface area contributed by atoms with E-state index in [0.29, 0.717) is 12.6 Å². The molecule has 1 N–H and O–H groups in total. The van der Waals surface area contributed by atoms with Crippen molar-refractivity contribution in [3.05, 3.63) is 43.0 Å². The first-order valence-corrected chi connectivity index (χ1v) is 6.08. The van der Waals surface area contributed by atoms with Gasteiger partial charge in [0.1, 0.15) is 0 Å². The first kappa shape index (κ1) is 12.4. The summed E-state index contributed by atoms with van der Waals surface area (Å²) in [7, 11) is 0. The van der Waals surface area contributed by atoms with E-state index in [1.807, 2.05) is 29.9 Å². The number of nitrogens with zero attached hydrogens (tertiary/aromatic N) is 4. The van der Waals surface area contributed by atoms with Crippen LogP contribution in [0.5, 0.6) is 0 Å². The molecule has 0 amide bonds. The number of hydrogen-bond acceptors (Lipinski definition) is 3. The predicted molar refractivity (Wildman–Crippen MR) is 72.6 cm³/mol. The molecule has 18 heavy (non-hydrogen) atoms. The van der Waals surface area contributed by atoms with Crippen molar-refractivity contribution in [3.8, 4) is 0 Å². The van der Waals surface area contributed by atoms with Crippen LogP contribution >= 0.6 is 0 Å². The second-order valence-corrected chi connectivity index (χ2v) is 4.36. The molecule has 5 heteroatoms. The van der Waals surface area contributed by atoms with Gasteiger partial charge in [-0.1, -0.05) is 6.08 Å². The van der Waals surface area contributed by atoms with Gasteiger partial charge in [-0.3, -0.25) is 4.68 Å². The zero-order valence-corrected chi connectivity index (χ0v) is 10.9. The maximum absolute atomic E-state index is 4.47. The maximum Gasteiger partial charge on any atom is 0.203 e. The number of anilines is 1. The number of nitrogens with one attached hydrogen (secondary N) is 1. The van der Waals surface area contributed by atoms with Crippen LogP contribution in [-0.2, 0) is 6.54 Å². The molecule has 0 saturated carbocycles. The second kappa shape index (κ2) is 5.53. The molecule has 2 rings (SSSR count). The van der Waals surface area contributed by atoms with Gasteiger partial charge < -0.3 is 9.88 Å². The van der Waals surface area contributed by atoms with Crippen molar-refractivity contribution >= 4 is 5.95 Å². The Bertz CT molecular complexity index is 497. The van der Waals surface area contributed by atoms with E-state index in [-0.39, 0.29) is 0 Å². The number of aryl methyl sites for hydroxylation is 1. The van der Waals surface area contributed by atoms with Gasteiger partial charge in [-0.15, -0.1) is 6.58 Å². The lowest BCUT2D eigenvalue weighted by Crippen LogP contribution is -2.16. The van der Waals surface area contributed by atoms with Crippen LogP contribution in [0, 0.1) is 6.92 Å². The van der Waals surface area contributed by atoms with Gasteiger partial charge in [-0.25, -0.2) is 4.98 Å². The lowest BCUT2D eigenvalue weighted by Gasteiger charge is -2.16. The normalized spacial score (nSPS) is 12.3. The molecular weight excluding hydrogens is 226 g/mol. The summed E-state index contributed by atoms with van der Waals surface area (Å²) in [6, 6.07) is 2.22. The Labute approximate surface area is 107 Å². The molecule has 2 aromatic rings. The molecule has 0 spiro atoms. The fourth-order valence-electron chi connectivity index (χ4n) is 1.91. The minimum Gasteiger partial charge on any atom is -0.352 e. The second-order valence-electron chi connectivity index (χ2n) is 4.36. The fraction of sp³-hybridized carbons (Fsp3) is 0.385. The largest absolute Gasteiger partial charge is 0.352 e. The maximum atomic E-state index is 4.47. The lowest BCUT2D eigenvalue weighted by molar-refractivity contribution is 0.440. The van der Waals surface area contributed by atoms with Gasteiger partial charge in [0.25, 0.3) is 0 Å². The molecule has 0 aliphatic heterocycles.